The van der Waals surface area contributed by atoms with Crippen molar-refractivity contribution in [3.05, 3.63) is 0 Å². The Morgan fingerprint density at radius 2 is 2.09 bits per heavy atom. The summed E-state index contributed by atoms with van der Waals surface area (Å²) in [6, 6.07) is 0.332. The normalized spacial score (nSPS) is 15.3. The maximum atomic E-state index is 4.94. The van der Waals surface area contributed by atoms with E-state index < -0.39 is 0 Å². The average Bonchev–Trinajstić information content (AvgIpc) is 1.99. The van der Waals surface area contributed by atoms with E-state index in [1.165, 1.54) is 0 Å². The first-order chi connectivity index (χ1) is 5.11. The highest BCUT2D eigenvalue weighted by Crippen LogP contribution is 2.10. The lowest BCUT2D eigenvalue weighted by Crippen LogP contribution is -2.16. The molecule has 0 saturated carbocycles. The second-order valence-corrected chi connectivity index (χ2v) is 2.99. The summed E-state index contributed by atoms with van der Waals surface area (Å²) in [5, 5.41) is 0. The zero-order chi connectivity index (χ0) is 8.85. The van der Waals surface area contributed by atoms with Gasteiger partial charge in [0.1, 0.15) is 0 Å². The molecular weight excluding hydrogens is 140 g/mol. The van der Waals surface area contributed by atoms with Gasteiger partial charge in [-0.15, -0.1) is 0 Å². The van der Waals surface area contributed by atoms with Crippen molar-refractivity contribution in [2.45, 2.75) is 40.2 Å². The fourth-order valence-corrected chi connectivity index (χ4v) is 0.976. The number of hydrogen-bond donors (Lipinski definition) is 1. The van der Waals surface area contributed by atoms with Gasteiger partial charge >= 0.3 is 0 Å². The lowest BCUT2D eigenvalue weighted by molar-refractivity contribution is 0.310. The second kappa shape index (κ2) is 5.13. The molecule has 0 bridgehead atoms. The van der Waals surface area contributed by atoms with E-state index in [4.69, 9.17) is 5.90 Å². The van der Waals surface area contributed by atoms with Gasteiger partial charge in [0, 0.05) is 6.92 Å². The Bertz CT molecular complexity index is 132. The minimum absolute atomic E-state index is 0.332. The molecule has 0 spiro atoms. The molecule has 0 fully saturated rings. The van der Waals surface area contributed by atoms with Crippen LogP contribution >= 0.6 is 0 Å². The molecule has 0 aliphatic heterocycles. The van der Waals surface area contributed by atoms with Gasteiger partial charge in [0.25, 0.3) is 0 Å². The summed E-state index contributed by atoms with van der Waals surface area (Å²) in [6.45, 7) is 8.16. The quantitative estimate of drug-likeness (QED) is 0.386. The van der Waals surface area contributed by atoms with E-state index >= 15 is 0 Å². The van der Waals surface area contributed by atoms with Crippen LogP contribution in [0, 0.1) is 5.92 Å². The van der Waals surface area contributed by atoms with Crippen molar-refractivity contribution >= 4 is 5.90 Å². The van der Waals surface area contributed by atoms with Crippen LogP contribution in [0.2, 0.25) is 0 Å². The van der Waals surface area contributed by atoms with Crippen LogP contribution in [0.3, 0.4) is 0 Å². The number of nitrogens with two attached hydrogens (primary N) is 1. The molecule has 11 heavy (non-hydrogen) atoms. The zero-order valence-corrected chi connectivity index (χ0v) is 7.79. The van der Waals surface area contributed by atoms with Crippen molar-refractivity contribution in [1.29, 1.82) is 0 Å². The van der Waals surface area contributed by atoms with E-state index in [0.29, 0.717) is 17.9 Å². The predicted octanol–water partition coefficient (Wildman–Crippen LogP) is 1.73. The van der Waals surface area contributed by atoms with Crippen molar-refractivity contribution in [2.24, 2.45) is 16.8 Å². The van der Waals surface area contributed by atoms with Crippen LogP contribution in [0.15, 0.2) is 4.99 Å². The molecule has 2 N–H and O–H groups in total. The van der Waals surface area contributed by atoms with Crippen LogP contribution < -0.4 is 5.90 Å². The smallest absolute Gasteiger partial charge is 0.206 e. The summed E-state index contributed by atoms with van der Waals surface area (Å²) in [6.07, 6.45) is 1.03. The van der Waals surface area contributed by atoms with Gasteiger partial charge in [0.05, 0.1) is 6.04 Å². The maximum Gasteiger partial charge on any atom is 0.206 e. The molecule has 3 heteroatoms. The molecule has 66 valence electrons. The van der Waals surface area contributed by atoms with Crippen molar-refractivity contribution in [3.63, 3.8) is 0 Å². The average molecular weight is 158 g/mol. The second-order valence-electron chi connectivity index (χ2n) is 2.99. The largest absolute Gasteiger partial charge is 0.397 e. The van der Waals surface area contributed by atoms with Crippen LogP contribution in [-0.2, 0) is 4.84 Å². The minimum Gasteiger partial charge on any atom is -0.397 e. The topological polar surface area (TPSA) is 47.6 Å². The zero-order valence-electron chi connectivity index (χ0n) is 7.79. The van der Waals surface area contributed by atoms with Crippen LogP contribution in [0.4, 0.5) is 0 Å². The first kappa shape index (κ1) is 10.4. The van der Waals surface area contributed by atoms with E-state index in [0.717, 1.165) is 6.42 Å². The number of rotatable bonds is 3. The SMILES string of the molecule is CCC(N=C(C)ON)C(C)C. The molecule has 0 rings (SSSR count). The van der Waals surface area contributed by atoms with Crippen LogP contribution in [0.5, 0.6) is 0 Å². The molecule has 0 amide bonds. The summed E-state index contributed by atoms with van der Waals surface area (Å²) in [7, 11) is 0. The summed E-state index contributed by atoms with van der Waals surface area (Å²) < 4.78 is 0. The highest BCUT2D eigenvalue weighted by molar-refractivity contribution is 5.72. The first-order valence-electron chi connectivity index (χ1n) is 4.03. The summed E-state index contributed by atoms with van der Waals surface area (Å²) in [5.41, 5.74) is 0. The van der Waals surface area contributed by atoms with E-state index in [9.17, 15) is 0 Å². The molecular formula is C8H18N2O. The molecule has 0 aromatic rings. The van der Waals surface area contributed by atoms with E-state index in [1.54, 1.807) is 6.92 Å². The van der Waals surface area contributed by atoms with E-state index in [1.807, 2.05) is 0 Å². The molecule has 1 unspecified atom stereocenters. The lowest BCUT2D eigenvalue weighted by Gasteiger charge is -2.14. The monoisotopic (exact) mass is 158 g/mol. The molecule has 0 saturated heterocycles. The molecule has 0 aliphatic carbocycles. The van der Waals surface area contributed by atoms with Gasteiger partial charge in [-0.1, -0.05) is 20.8 Å². The van der Waals surface area contributed by atoms with Gasteiger partial charge in [-0.25, -0.2) is 0 Å². The molecule has 0 radical (unpaired) electrons. The van der Waals surface area contributed by atoms with Gasteiger partial charge in [0.15, 0.2) is 0 Å². The van der Waals surface area contributed by atoms with Crippen molar-refractivity contribution < 1.29 is 4.84 Å². The fourth-order valence-electron chi connectivity index (χ4n) is 0.976. The van der Waals surface area contributed by atoms with Gasteiger partial charge in [0.2, 0.25) is 5.90 Å². The van der Waals surface area contributed by atoms with Gasteiger partial charge in [-0.3, -0.25) is 4.99 Å². The van der Waals surface area contributed by atoms with Crippen LogP contribution in [0.1, 0.15) is 34.1 Å². The minimum atomic E-state index is 0.332. The number of nitrogens with zero attached hydrogens (tertiary/aromatic N) is 1. The van der Waals surface area contributed by atoms with Crippen molar-refractivity contribution in [1.82, 2.24) is 0 Å². The third kappa shape index (κ3) is 3.98. The maximum absolute atomic E-state index is 4.94. The Balaban J connectivity index is 4.06. The molecule has 0 heterocycles. The first-order valence-corrected chi connectivity index (χ1v) is 4.03. The van der Waals surface area contributed by atoms with Crippen LogP contribution in [0.25, 0.3) is 0 Å². The highest BCUT2D eigenvalue weighted by Gasteiger charge is 2.09. The van der Waals surface area contributed by atoms with E-state index in [2.05, 4.69) is 30.6 Å². The van der Waals surface area contributed by atoms with Gasteiger partial charge in [-0.2, -0.15) is 5.90 Å². The number of aliphatic imine (C=N–C) groups is 1. The molecule has 3 nitrogen and oxygen atoms in total. The molecule has 0 aromatic heterocycles. The van der Waals surface area contributed by atoms with Crippen molar-refractivity contribution in [3.8, 4) is 0 Å². The lowest BCUT2D eigenvalue weighted by atomic mass is 10.0. The summed E-state index contributed by atoms with van der Waals surface area (Å²) in [5.74, 6) is 6.05. The Hall–Kier alpha value is -0.570. The van der Waals surface area contributed by atoms with Crippen molar-refractivity contribution in [2.75, 3.05) is 0 Å². The Morgan fingerprint density at radius 1 is 1.55 bits per heavy atom. The summed E-state index contributed by atoms with van der Waals surface area (Å²) >= 11 is 0. The van der Waals surface area contributed by atoms with Gasteiger partial charge in [-0.05, 0) is 12.3 Å². The Labute approximate surface area is 68.6 Å². The Morgan fingerprint density at radius 3 is 2.36 bits per heavy atom. The molecule has 0 aliphatic rings. The third-order valence-electron chi connectivity index (χ3n) is 1.71. The highest BCUT2D eigenvalue weighted by atomic mass is 16.6. The van der Waals surface area contributed by atoms with Crippen LogP contribution in [-0.4, -0.2) is 11.9 Å². The fraction of sp³-hybridized carbons (Fsp3) is 0.875. The summed E-state index contributed by atoms with van der Waals surface area (Å²) in [4.78, 5) is 8.77. The number of hydrogen-bond acceptors (Lipinski definition) is 3. The van der Waals surface area contributed by atoms with E-state index in [-0.39, 0.29) is 0 Å². The molecule has 0 aromatic carbocycles. The standard InChI is InChI=1S/C8H18N2O/c1-5-8(6(2)3)10-7(4)11-9/h6,8H,5,9H2,1-4H3. The third-order valence-corrected chi connectivity index (χ3v) is 1.71. The van der Waals surface area contributed by atoms with Gasteiger partial charge < -0.3 is 4.84 Å². The Kier molecular flexibility index (Phi) is 4.86. The predicted molar refractivity (Wildman–Crippen MR) is 47.3 cm³/mol. The molecule has 1 atom stereocenters.